The SMILES string of the molecule is COc1ccnc(C(=O)NC2COC(=O)[C@H](Cc3ccccc3)C(OC(=O)C(C)C)[C@H](C)OC2=O)c1OC(=O)[C@@](C)(OC)c1ccccc1. The Morgan fingerprint density at radius 3 is 2.24 bits per heavy atom. The maximum absolute atomic E-state index is 13.7. The smallest absolute Gasteiger partial charge is 0.348 e. The third-order valence-electron chi connectivity index (χ3n) is 8.09. The number of benzene rings is 2. The van der Waals surface area contributed by atoms with Gasteiger partial charge in [-0.2, -0.15) is 0 Å². The standard InChI is InChI=1S/C36H40N2O11/c1-21(2)32(40)48-29-22(3)47-34(42)26(20-46-33(41)25(29)19-23-13-9-7-10-14-23)38-31(39)28-30(27(44-5)17-18-37-28)49-35(43)36(4,45-6)24-15-11-8-12-16-24/h7-18,21-22,25-26,29H,19-20H2,1-6H3,(H,38,39)/t22-,25+,26?,29?,36-/m0/s1. The molecule has 0 saturated carbocycles. The molecule has 0 radical (unpaired) electrons. The highest BCUT2D eigenvalue weighted by molar-refractivity contribution is 5.99. The molecule has 1 N–H and O–H groups in total. The predicted molar refractivity (Wildman–Crippen MR) is 173 cm³/mol. The first-order valence-corrected chi connectivity index (χ1v) is 15.7. The summed E-state index contributed by atoms with van der Waals surface area (Å²) in [4.78, 5) is 71.0. The van der Waals surface area contributed by atoms with Gasteiger partial charge in [-0.3, -0.25) is 14.4 Å². The third-order valence-corrected chi connectivity index (χ3v) is 8.09. The van der Waals surface area contributed by atoms with Crippen molar-refractivity contribution in [3.63, 3.8) is 0 Å². The molecule has 1 aliphatic rings. The van der Waals surface area contributed by atoms with Crippen molar-refractivity contribution in [3.05, 3.63) is 89.7 Å². The lowest BCUT2D eigenvalue weighted by molar-refractivity contribution is -0.176. The van der Waals surface area contributed by atoms with E-state index in [0.29, 0.717) is 5.56 Å². The van der Waals surface area contributed by atoms with Gasteiger partial charge < -0.3 is 33.7 Å². The van der Waals surface area contributed by atoms with Gasteiger partial charge in [0.05, 0.1) is 13.0 Å². The fourth-order valence-electron chi connectivity index (χ4n) is 5.09. The molecule has 1 fully saturated rings. The summed E-state index contributed by atoms with van der Waals surface area (Å²) in [5, 5.41) is 2.47. The minimum absolute atomic E-state index is 0.00401. The number of nitrogens with one attached hydrogen (secondary N) is 1. The number of methoxy groups -OCH3 is 2. The number of rotatable bonds is 11. The average molecular weight is 677 g/mol. The predicted octanol–water partition coefficient (Wildman–Crippen LogP) is 3.57. The molecule has 1 aromatic heterocycles. The molecular formula is C36H40N2O11. The Bertz CT molecular complexity index is 1650. The molecule has 1 saturated heterocycles. The molecule has 3 aromatic rings. The van der Waals surface area contributed by atoms with Gasteiger partial charge in [-0.05, 0) is 31.4 Å². The molecule has 5 atom stereocenters. The van der Waals surface area contributed by atoms with Gasteiger partial charge in [-0.25, -0.2) is 14.6 Å². The lowest BCUT2D eigenvalue weighted by Gasteiger charge is -2.29. The zero-order valence-corrected chi connectivity index (χ0v) is 28.2. The van der Waals surface area contributed by atoms with Crippen LogP contribution in [-0.2, 0) is 50.1 Å². The fourth-order valence-corrected chi connectivity index (χ4v) is 5.09. The number of aromatic nitrogens is 1. The number of ether oxygens (including phenoxy) is 6. The van der Waals surface area contributed by atoms with Crippen LogP contribution in [0.25, 0.3) is 0 Å². The summed E-state index contributed by atoms with van der Waals surface area (Å²) in [5.74, 6) is -6.05. The quantitative estimate of drug-likeness (QED) is 0.232. The van der Waals surface area contributed by atoms with Gasteiger partial charge in [0.2, 0.25) is 5.75 Å². The first kappa shape index (κ1) is 36.5. The number of hydrogen-bond acceptors (Lipinski definition) is 12. The molecule has 13 heteroatoms. The van der Waals surface area contributed by atoms with Gasteiger partial charge in [-0.15, -0.1) is 0 Å². The van der Waals surface area contributed by atoms with Crippen LogP contribution in [0.2, 0.25) is 0 Å². The largest absolute Gasteiger partial charge is 0.493 e. The molecule has 2 heterocycles. The van der Waals surface area contributed by atoms with Crippen LogP contribution < -0.4 is 14.8 Å². The lowest BCUT2D eigenvalue weighted by atomic mass is 9.91. The van der Waals surface area contributed by atoms with E-state index in [2.05, 4.69) is 10.3 Å². The third kappa shape index (κ3) is 8.60. The van der Waals surface area contributed by atoms with Crippen LogP contribution in [0.4, 0.5) is 0 Å². The molecule has 49 heavy (non-hydrogen) atoms. The van der Waals surface area contributed by atoms with Crippen molar-refractivity contribution >= 4 is 29.8 Å². The molecular weight excluding hydrogens is 636 g/mol. The number of hydrogen-bond donors (Lipinski definition) is 1. The van der Waals surface area contributed by atoms with Crippen molar-refractivity contribution in [2.24, 2.45) is 11.8 Å². The number of carbonyl (C=O) groups excluding carboxylic acids is 5. The zero-order chi connectivity index (χ0) is 35.7. The summed E-state index contributed by atoms with van der Waals surface area (Å²) in [5.41, 5.74) is -0.727. The van der Waals surface area contributed by atoms with E-state index in [4.69, 9.17) is 28.4 Å². The molecule has 260 valence electrons. The first-order valence-electron chi connectivity index (χ1n) is 15.7. The van der Waals surface area contributed by atoms with Crippen LogP contribution in [-0.4, -0.2) is 73.8 Å². The van der Waals surface area contributed by atoms with E-state index < -0.39 is 77.8 Å². The number of esters is 4. The van der Waals surface area contributed by atoms with Crippen molar-refractivity contribution in [2.75, 3.05) is 20.8 Å². The van der Waals surface area contributed by atoms with E-state index in [9.17, 15) is 24.0 Å². The second-order valence-corrected chi connectivity index (χ2v) is 11.8. The first-order chi connectivity index (χ1) is 23.4. The normalized spacial score (nSPS) is 20.7. The Morgan fingerprint density at radius 1 is 0.980 bits per heavy atom. The summed E-state index contributed by atoms with van der Waals surface area (Å²) in [6.07, 6.45) is -0.916. The number of carbonyl (C=O) groups is 5. The van der Waals surface area contributed by atoms with E-state index in [0.717, 1.165) is 5.56 Å². The van der Waals surface area contributed by atoms with Crippen molar-refractivity contribution in [1.82, 2.24) is 10.3 Å². The molecule has 1 amide bonds. The van der Waals surface area contributed by atoms with Gasteiger partial charge in [0.1, 0.15) is 18.6 Å². The second kappa shape index (κ2) is 16.2. The van der Waals surface area contributed by atoms with E-state index in [-0.39, 0.29) is 17.9 Å². The minimum atomic E-state index is -1.58. The maximum atomic E-state index is 13.7. The number of nitrogens with zero attached hydrogens (tertiary/aromatic N) is 1. The Morgan fingerprint density at radius 2 is 1.63 bits per heavy atom. The van der Waals surface area contributed by atoms with Gasteiger partial charge in [0, 0.05) is 19.4 Å². The van der Waals surface area contributed by atoms with E-state index >= 15 is 0 Å². The molecule has 2 aromatic carbocycles. The van der Waals surface area contributed by atoms with Crippen molar-refractivity contribution < 1.29 is 52.4 Å². The second-order valence-electron chi connectivity index (χ2n) is 11.8. The molecule has 0 aliphatic carbocycles. The van der Waals surface area contributed by atoms with E-state index in [1.54, 1.807) is 56.3 Å². The van der Waals surface area contributed by atoms with Crippen LogP contribution in [0, 0.1) is 11.8 Å². The molecule has 4 rings (SSSR count). The topological polar surface area (TPSA) is 166 Å². The number of pyridine rings is 1. The van der Waals surface area contributed by atoms with E-state index in [1.165, 1.54) is 40.3 Å². The Kier molecular flexibility index (Phi) is 12.1. The number of cyclic esters (lactones) is 2. The van der Waals surface area contributed by atoms with Gasteiger partial charge >= 0.3 is 23.9 Å². The average Bonchev–Trinajstić information content (AvgIpc) is 3.14. The van der Waals surface area contributed by atoms with Crippen LogP contribution >= 0.6 is 0 Å². The van der Waals surface area contributed by atoms with Gasteiger partial charge in [0.15, 0.2) is 29.2 Å². The summed E-state index contributed by atoms with van der Waals surface area (Å²) < 4.78 is 33.5. The summed E-state index contributed by atoms with van der Waals surface area (Å²) >= 11 is 0. The molecule has 1 aliphatic heterocycles. The van der Waals surface area contributed by atoms with Crippen LogP contribution in [0.1, 0.15) is 49.3 Å². The fraction of sp³-hybridized carbons (Fsp3) is 0.389. The van der Waals surface area contributed by atoms with Gasteiger partial charge in [0.25, 0.3) is 5.91 Å². The van der Waals surface area contributed by atoms with Crippen molar-refractivity contribution in [2.45, 2.75) is 58.0 Å². The van der Waals surface area contributed by atoms with Crippen LogP contribution in [0.3, 0.4) is 0 Å². The maximum Gasteiger partial charge on any atom is 0.348 e. The van der Waals surface area contributed by atoms with Crippen molar-refractivity contribution in [3.8, 4) is 11.5 Å². The monoisotopic (exact) mass is 676 g/mol. The highest BCUT2D eigenvalue weighted by atomic mass is 16.6. The Labute approximate surface area is 284 Å². The highest BCUT2D eigenvalue weighted by Gasteiger charge is 2.43. The zero-order valence-electron chi connectivity index (χ0n) is 28.2. The minimum Gasteiger partial charge on any atom is -0.493 e. The van der Waals surface area contributed by atoms with Crippen LogP contribution in [0.15, 0.2) is 72.9 Å². The van der Waals surface area contributed by atoms with Gasteiger partial charge in [-0.1, -0.05) is 74.5 Å². The molecule has 13 nitrogen and oxygen atoms in total. The summed E-state index contributed by atoms with van der Waals surface area (Å²) in [6.45, 7) is 5.67. The Balaban J connectivity index is 1.61. The van der Waals surface area contributed by atoms with E-state index in [1.807, 2.05) is 18.2 Å². The summed E-state index contributed by atoms with van der Waals surface area (Å²) in [7, 11) is 2.65. The van der Waals surface area contributed by atoms with Crippen molar-refractivity contribution in [1.29, 1.82) is 0 Å². The van der Waals surface area contributed by atoms with Crippen LogP contribution in [0.5, 0.6) is 11.5 Å². The highest BCUT2D eigenvalue weighted by Crippen LogP contribution is 2.34. The lowest BCUT2D eigenvalue weighted by Crippen LogP contribution is -2.47. The molecule has 0 bridgehead atoms. The number of amides is 1. The molecule has 2 unspecified atom stereocenters. The summed E-state index contributed by atoms with van der Waals surface area (Å²) in [6, 6.07) is 17.5. The molecule has 0 spiro atoms. The Hall–Kier alpha value is -5.30.